The molecule has 2 aromatic carbocycles. The molecule has 3 heterocycles. The second-order valence-electron chi connectivity index (χ2n) is 10.8. The third-order valence-corrected chi connectivity index (χ3v) is 7.30. The van der Waals surface area contributed by atoms with E-state index in [-0.39, 0.29) is 5.91 Å². The highest BCUT2D eigenvalue weighted by molar-refractivity contribution is 6.33. The monoisotopic (exact) mass is 523 g/mol. The van der Waals surface area contributed by atoms with Crippen molar-refractivity contribution >= 4 is 40.3 Å². The molecule has 0 spiro atoms. The van der Waals surface area contributed by atoms with Crippen molar-refractivity contribution in [3.63, 3.8) is 0 Å². The molecule has 0 saturated carbocycles. The zero-order valence-electron chi connectivity index (χ0n) is 21.7. The standard InChI is InChI=1S/C28H34ClN5O3/c1-28(2,3)37-27(36)34-13-7-6-10-24(34)26(35)33-16-14-32(15-17-33)19-11-12-21(29)20(18-19)25-30-22-8-4-5-9-23(22)31-25/h4-5,8-9,11-12,18,24H,6-7,10,13-17H2,1-3H3,(H,30,31)/t24-/m0/s1. The van der Waals surface area contributed by atoms with Crippen LogP contribution in [-0.2, 0) is 9.53 Å². The number of nitrogens with zero attached hydrogens (tertiary/aromatic N) is 4. The molecule has 1 atom stereocenters. The van der Waals surface area contributed by atoms with Gasteiger partial charge in [-0.15, -0.1) is 0 Å². The Kier molecular flexibility index (Phi) is 7.03. The number of aromatic nitrogens is 2. The van der Waals surface area contributed by atoms with Gasteiger partial charge in [0, 0.05) is 44.0 Å². The summed E-state index contributed by atoms with van der Waals surface area (Å²) in [4.78, 5) is 40.1. The number of imidazole rings is 1. The van der Waals surface area contributed by atoms with Gasteiger partial charge in [-0.3, -0.25) is 9.69 Å². The van der Waals surface area contributed by atoms with Crippen molar-refractivity contribution in [2.24, 2.45) is 0 Å². The summed E-state index contributed by atoms with van der Waals surface area (Å²) in [5.41, 5.74) is 3.17. The number of fused-ring (bicyclic) bond motifs is 1. The Bertz CT molecular complexity index is 1260. The van der Waals surface area contributed by atoms with Crippen LogP contribution in [0.5, 0.6) is 0 Å². The predicted molar refractivity (Wildman–Crippen MR) is 146 cm³/mol. The van der Waals surface area contributed by atoms with Gasteiger partial charge in [0.05, 0.1) is 16.1 Å². The largest absolute Gasteiger partial charge is 0.444 e. The molecule has 37 heavy (non-hydrogen) atoms. The van der Waals surface area contributed by atoms with Crippen LogP contribution in [0.25, 0.3) is 22.4 Å². The van der Waals surface area contributed by atoms with Crippen molar-refractivity contribution in [2.75, 3.05) is 37.6 Å². The Morgan fingerprint density at radius 2 is 1.78 bits per heavy atom. The van der Waals surface area contributed by atoms with Crippen molar-refractivity contribution in [1.82, 2.24) is 19.8 Å². The zero-order valence-corrected chi connectivity index (χ0v) is 22.4. The number of piperazine rings is 1. The summed E-state index contributed by atoms with van der Waals surface area (Å²) in [6, 6.07) is 13.4. The fourth-order valence-corrected chi connectivity index (χ4v) is 5.30. The maximum atomic E-state index is 13.5. The van der Waals surface area contributed by atoms with E-state index in [1.54, 1.807) is 4.90 Å². The second kappa shape index (κ2) is 10.2. The number of nitrogens with one attached hydrogen (secondary N) is 1. The van der Waals surface area contributed by atoms with E-state index in [2.05, 4.69) is 16.0 Å². The van der Waals surface area contributed by atoms with Crippen molar-refractivity contribution < 1.29 is 14.3 Å². The van der Waals surface area contributed by atoms with E-state index in [4.69, 9.17) is 21.3 Å². The number of likely N-dealkylation sites (tertiary alicyclic amines) is 1. The number of carbonyl (C=O) groups is 2. The Labute approximate surface area is 222 Å². The fraction of sp³-hybridized carbons (Fsp3) is 0.464. The minimum atomic E-state index is -0.590. The highest BCUT2D eigenvalue weighted by Gasteiger charge is 2.37. The van der Waals surface area contributed by atoms with Crippen LogP contribution in [0.3, 0.4) is 0 Å². The average molecular weight is 524 g/mol. The Morgan fingerprint density at radius 1 is 1.03 bits per heavy atom. The molecule has 9 heteroatoms. The molecule has 2 saturated heterocycles. The third-order valence-electron chi connectivity index (χ3n) is 6.97. The molecule has 0 aliphatic carbocycles. The minimum absolute atomic E-state index is 0.0179. The molecule has 2 aliphatic rings. The summed E-state index contributed by atoms with van der Waals surface area (Å²) in [5, 5.41) is 0.635. The first-order valence-electron chi connectivity index (χ1n) is 13.0. The number of hydrogen-bond acceptors (Lipinski definition) is 5. The lowest BCUT2D eigenvalue weighted by molar-refractivity contribution is -0.138. The van der Waals surface area contributed by atoms with E-state index in [0.29, 0.717) is 44.2 Å². The van der Waals surface area contributed by atoms with E-state index in [1.165, 1.54) is 0 Å². The lowest BCUT2D eigenvalue weighted by Crippen LogP contribution is -2.57. The minimum Gasteiger partial charge on any atom is -0.444 e. The molecule has 0 radical (unpaired) electrons. The first kappa shape index (κ1) is 25.4. The average Bonchev–Trinajstić information content (AvgIpc) is 3.32. The lowest BCUT2D eigenvalue weighted by atomic mass is 10.0. The Balaban J connectivity index is 1.26. The molecule has 3 aromatic rings. The number of amides is 2. The molecule has 1 N–H and O–H groups in total. The third kappa shape index (κ3) is 5.54. The molecule has 1 aromatic heterocycles. The summed E-state index contributed by atoms with van der Waals surface area (Å²) in [7, 11) is 0. The molecule has 0 bridgehead atoms. The first-order valence-corrected chi connectivity index (χ1v) is 13.4. The van der Waals surface area contributed by atoms with Crippen molar-refractivity contribution in [2.45, 2.75) is 51.7 Å². The summed E-state index contributed by atoms with van der Waals surface area (Å²) in [5.74, 6) is 0.755. The number of carbonyl (C=O) groups excluding carboxylic acids is 2. The van der Waals surface area contributed by atoms with Gasteiger partial charge in [-0.1, -0.05) is 23.7 Å². The maximum Gasteiger partial charge on any atom is 0.410 e. The number of ether oxygens (including phenoxy) is 1. The molecular formula is C28H34ClN5O3. The highest BCUT2D eigenvalue weighted by Crippen LogP contribution is 2.32. The second-order valence-corrected chi connectivity index (χ2v) is 11.2. The van der Waals surface area contributed by atoms with Gasteiger partial charge in [-0.25, -0.2) is 9.78 Å². The van der Waals surface area contributed by atoms with E-state index >= 15 is 0 Å². The van der Waals surface area contributed by atoms with Crippen LogP contribution in [0.15, 0.2) is 42.5 Å². The van der Waals surface area contributed by atoms with E-state index in [9.17, 15) is 9.59 Å². The van der Waals surface area contributed by atoms with Crippen LogP contribution in [0, 0.1) is 0 Å². The fourth-order valence-electron chi connectivity index (χ4n) is 5.09. The Morgan fingerprint density at radius 3 is 2.51 bits per heavy atom. The van der Waals surface area contributed by atoms with Crippen molar-refractivity contribution in [3.05, 3.63) is 47.5 Å². The number of piperidine rings is 1. The predicted octanol–water partition coefficient (Wildman–Crippen LogP) is 5.32. The van der Waals surface area contributed by atoms with E-state index in [1.807, 2.05) is 62.1 Å². The first-order chi connectivity index (χ1) is 17.7. The van der Waals surface area contributed by atoms with Gasteiger partial charge < -0.3 is 19.5 Å². The number of halogens is 1. The number of para-hydroxylation sites is 2. The summed E-state index contributed by atoms with van der Waals surface area (Å²) in [6.07, 6.45) is 2.10. The van der Waals surface area contributed by atoms with Crippen LogP contribution in [0.4, 0.5) is 10.5 Å². The molecule has 2 amide bonds. The maximum absolute atomic E-state index is 13.5. The van der Waals surface area contributed by atoms with Crippen LogP contribution in [0.1, 0.15) is 40.0 Å². The molecule has 0 unspecified atom stereocenters. The van der Waals surface area contributed by atoms with Crippen LogP contribution in [0.2, 0.25) is 5.02 Å². The Hall–Kier alpha value is -3.26. The van der Waals surface area contributed by atoms with Gasteiger partial charge >= 0.3 is 6.09 Å². The molecule has 2 fully saturated rings. The molecule has 8 nitrogen and oxygen atoms in total. The SMILES string of the molecule is CC(C)(C)OC(=O)N1CCCC[C@H]1C(=O)N1CCN(c2ccc(Cl)c(-c3nc4ccccc4[nH]3)c2)CC1. The number of aromatic amines is 1. The van der Waals surface area contributed by atoms with Gasteiger partial charge in [-0.05, 0) is 70.4 Å². The van der Waals surface area contributed by atoms with Crippen molar-refractivity contribution in [3.8, 4) is 11.4 Å². The van der Waals surface area contributed by atoms with Gasteiger partial charge in [-0.2, -0.15) is 0 Å². The molecule has 2 aliphatic heterocycles. The summed E-state index contributed by atoms with van der Waals surface area (Å²) in [6.45, 7) is 8.70. The van der Waals surface area contributed by atoms with Crippen molar-refractivity contribution in [1.29, 1.82) is 0 Å². The van der Waals surface area contributed by atoms with Gasteiger partial charge in [0.15, 0.2) is 0 Å². The van der Waals surface area contributed by atoms with Crippen LogP contribution in [-0.4, -0.2) is 76.1 Å². The van der Waals surface area contributed by atoms with E-state index in [0.717, 1.165) is 41.0 Å². The smallest absolute Gasteiger partial charge is 0.410 e. The highest BCUT2D eigenvalue weighted by atomic mass is 35.5. The lowest BCUT2D eigenvalue weighted by Gasteiger charge is -2.41. The topological polar surface area (TPSA) is 81.8 Å². The summed E-state index contributed by atoms with van der Waals surface area (Å²) >= 11 is 6.55. The molecule has 5 rings (SSSR count). The van der Waals surface area contributed by atoms with Gasteiger partial charge in [0.1, 0.15) is 17.5 Å². The summed E-state index contributed by atoms with van der Waals surface area (Å²) < 4.78 is 5.59. The number of rotatable bonds is 3. The number of H-pyrrole nitrogens is 1. The zero-order chi connectivity index (χ0) is 26.2. The van der Waals surface area contributed by atoms with Crippen LogP contribution < -0.4 is 4.90 Å². The number of benzene rings is 2. The van der Waals surface area contributed by atoms with E-state index < -0.39 is 17.7 Å². The van der Waals surface area contributed by atoms with Crippen LogP contribution >= 0.6 is 11.6 Å². The van der Waals surface area contributed by atoms with Gasteiger partial charge in [0.25, 0.3) is 0 Å². The quantitative estimate of drug-likeness (QED) is 0.502. The van der Waals surface area contributed by atoms with Gasteiger partial charge in [0.2, 0.25) is 5.91 Å². The molecular weight excluding hydrogens is 490 g/mol. The number of anilines is 1. The molecule has 196 valence electrons. The normalized spacial score (nSPS) is 18.8. The number of hydrogen-bond donors (Lipinski definition) is 1.